The smallest absolute Gasteiger partial charge is 0.329 e. The minimum absolute atomic E-state index is 0.0931. The molecular weight excluding hydrogens is 248 g/mol. The number of ether oxygens (including phenoxy) is 1. The van der Waals surface area contributed by atoms with E-state index in [0.29, 0.717) is 5.69 Å². The highest BCUT2D eigenvalue weighted by Crippen LogP contribution is 2.20. The number of methoxy groups -OCH3 is 1. The number of imide groups is 1. The maximum atomic E-state index is 12.1. The molecule has 1 aromatic rings. The lowest BCUT2D eigenvalue weighted by Crippen LogP contribution is -2.31. The van der Waals surface area contributed by atoms with Crippen LogP contribution >= 0.6 is 0 Å². The monoisotopic (exact) mass is 262 g/mol. The topological polar surface area (TPSA) is 75.7 Å². The van der Waals surface area contributed by atoms with Crippen LogP contribution in [0.5, 0.6) is 0 Å². The Hall–Kier alpha value is -2.37. The third-order valence-corrected chi connectivity index (χ3v) is 2.90. The van der Waals surface area contributed by atoms with E-state index in [2.05, 4.69) is 10.1 Å². The fourth-order valence-corrected chi connectivity index (χ4v) is 1.91. The molecule has 1 fully saturated rings. The van der Waals surface area contributed by atoms with Gasteiger partial charge in [-0.15, -0.1) is 0 Å². The van der Waals surface area contributed by atoms with Crippen molar-refractivity contribution in [1.29, 1.82) is 0 Å². The molecule has 0 spiro atoms. The molecule has 1 aliphatic rings. The zero-order chi connectivity index (χ0) is 13.8. The van der Waals surface area contributed by atoms with Crippen LogP contribution < -0.4 is 10.2 Å². The van der Waals surface area contributed by atoms with Crippen molar-refractivity contribution in [2.24, 2.45) is 0 Å². The van der Waals surface area contributed by atoms with Gasteiger partial charge in [0, 0.05) is 6.42 Å². The largest absolute Gasteiger partial charge is 0.469 e. The number of para-hydroxylation sites is 1. The van der Waals surface area contributed by atoms with Crippen molar-refractivity contribution in [3.05, 3.63) is 30.3 Å². The van der Waals surface area contributed by atoms with E-state index in [9.17, 15) is 14.4 Å². The summed E-state index contributed by atoms with van der Waals surface area (Å²) < 4.78 is 4.51. The highest BCUT2D eigenvalue weighted by molar-refractivity contribution is 6.21. The van der Waals surface area contributed by atoms with Crippen LogP contribution in [-0.2, 0) is 14.3 Å². The highest BCUT2D eigenvalue weighted by Gasteiger charge is 2.38. The number of hydrogen-bond acceptors (Lipinski definition) is 4. The summed E-state index contributed by atoms with van der Waals surface area (Å²) in [6.45, 7) is 0. The number of carbonyl (C=O) groups is 3. The van der Waals surface area contributed by atoms with Crippen LogP contribution in [0, 0.1) is 0 Å². The van der Waals surface area contributed by atoms with E-state index in [1.165, 1.54) is 7.11 Å². The van der Waals surface area contributed by atoms with Gasteiger partial charge in [0.2, 0.25) is 0 Å². The fourth-order valence-electron chi connectivity index (χ4n) is 1.91. The summed E-state index contributed by atoms with van der Waals surface area (Å²) in [6, 6.07) is 7.52. The van der Waals surface area contributed by atoms with E-state index in [1.807, 2.05) is 0 Å². The SMILES string of the molecule is COC(=O)CCC1NC(=O)N(c2ccccc2)C1=O. The second kappa shape index (κ2) is 5.51. The first-order valence-electron chi connectivity index (χ1n) is 5.90. The Morgan fingerprint density at radius 3 is 2.63 bits per heavy atom. The van der Waals surface area contributed by atoms with Crippen LogP contribution in [0.2, 0.25) is 0 Å². The Labute approximate surface area is 110 Å². The van der Waals surface area contributed by atoms with Gasteiger partial charge in [-0.25, -0.2) is 9.69 Å². The van der Waals surface area contributed by atoms with Crippen LogP contribution in [0.1, 0.15) is 12.8 Å². The van der Waals surface area contributed by atoms with E-state index in [4.69, 9.17) is 0 Å². The van der Waals surface area contributed by atoms with Crippen LogP contribution in [0.4, 0.5) is 10.5 Å². The summed E-state index contributed by atoms with van der Waals surface area (Å²) in [7, 11) is 1.29. The number of hydrogen-bond donors (Lipinski definition) is 1. The number of carbonyl (C=O) groups excluding carboxylic acids is 3. The predicted molar refractivity (Wildman–Crippen MR) is 67.5 cm³/mol. The molecule has 1 aromatic carbocycles. The van der Waals surface area contributed by atoms with Crippen molar-refractivity contribution in [2.75, 3.05) is 12.0 Å². The van der Waals surface area contributed by atoms with E-state index in [1.54, 1.807) is 30.3 Å². The van der Waals surface area contributed by atoms with Gasteiger partial charge in [-0.1, -0.05) is 18.2 Å². The minimum Gasteiger partial charge on any atom is -0.469 e. The zero-order valence-corrected chi connectivity index (χ0v) is 10.5. The summed E-state index contributed by atoms with van der Waals surface area (Å²) in [4.78, 5) is 36.0. The van der Waals surface area contributed by atoms with Crippen LogP contribution in [0.3, 0.4) is 0 Å². The van der Waals surface area contributed by atoms with Crippen molar-refractivity contribution in [1.82, 2.24) is 5.32 Å². The van der Waals surface area contributed by atoms with Gasteiger partial charge in [0.25, 0.3) is 5.91 Å². The van der Waals surface area contributed by atoms with Crippen molar-refractivity contribution in [3.63, 3.8) is 0 Å². The van der Waals surface area contributed by atoms with Gasteiger partial charge in [0.15, 0.2) is 0 Å². The van der Waals surface area contributed by atoms with Gasteiger partial charge in [0.05, 0.1) is 12.8 Å². The van der Waals surface area contributed by atoms with Gasteiger partial charge in [-0.2, -0.15) is 0 Å². The third kappa shape index (κ3) is 2.73. The van der Waals surface area contributed by atoms with E-state index in [0.717, 1.165) is 4.90 Å². The maximum absolute atomic E-state index is 12.1. The second-order valence-corrected chi connectivity index (χ2v) is 4.13. The molecule has 1 N–H and O–H groups in total. The summed E-state index contributed by atoms with van der Waals surface area (Å²) in [5.74, 6) is -0.750. The molecule has 2 rings (SSSR count). The average Bonchev–Trinajstić information content (AvgIpc) is 2.71. The second-order valence-electron chi connectivity index (χ2n) is 4.13. The highest BCUT2D eigenvalue weighted by atomic mass is 16.5. The summed E-state index contributed by atoms with van der Waals surface area (Å²) in [5, 5.41) is 2.56. The molecule has 6 nitrogen and oxygen atoms in total. The first-order valence-corrected chi connectivity index (χ1v) is 5.90. The molecule has 1 unspecified atom stereocenters. The molecule has 0 aliphatic carbocycles. The number of benzene rings is 1. The molecule has 1 aliphatic heterocycles. The molecule has 0 aromatic heterocycles. The molecule has 100 valence electrons. The van der Waals surface area contributed by atoms with Gasteiger partial charge in [0.1, 0.15) is 6.04 Å². The molecule has 0 saturated carbocycles. The number of esters is 1. The lowest BCUT2D eigenvalue weighted by molar-refractivity contribution is -0.140. The summed E-state index contributed by atoms with van der Waals surface area (Å²) in [6.07, 6.45) is 0.330. The normalized spacial score (nSPS) is 18.4. The first kappa shape index (κ1) is 13.1. The summed E-state index contributed by atoms with van der Waals surface area (Å²) in [5.41, 5.74) is 0.519. The fraction of sp³-hybridized carbons (Fsp3) is 0.308. The molecule has 6 heteroatoms. The Kier molecular flexibility index (Phi) is 3.79. The van der Waals surface area contributed by atoms with E-state index in [-0.39, 0.29) is 18.7 Å². The van der Waals surface area contributed by atoms with Gasteiger partial charge in [-0.05, 0) is 18.6 Å². The van der Waals surface area contributed by atoms with Crippen molar-refractivity contribution < 1.29 is 19.1 Å². The van der Waals surface area contributed by atoms with Crippen molar-refractivity contribution in [2.45, 2.75) is 18.9 Å². The standard InChI is InChI=1S/C13H14N2O4/c1-19-11(16)8-7-10-12(17)15(13(18)14-10)9-5-3-2-4-6-9/h2-6,10H,7-8H2,1H3,(H,14,18). The molecule has 3 amide bonds. The molecule has 0 radical (unpaired) electrons. The Morgan fingerprint density at radius 1 is 1.32 bits per heavy atom. The van der Waals surface area contributed by atoms with E-state index >= 15 is 0 Å². The molecule has 1 heterocycles. The van der Waals surface area contributed by atoms with Gasteiger partial charge >= 0.3 is 12.0 Å². The minimum atomic E-state index is -0.674. The number of nitrogens with one attached hydrogen (secondary N) is 1. The Bertz CT molecular complexity index is 501. The number of urea groups is 1. The third-order valence-electron chi connectivity index (χ3n) is 2.90. The van der Waals surface area contributed by atoms with E-state index < -0.39 is 18.0 Å². The lowest BCUT2D eigenvalue weighted by Gasteiger charge is -2.12. The summed E-state index contributed by atoms with van der Waals surface area (Å²) >= 11 is 0. The number of amides is 3. The predicted octanol–water partition coefficient (Wildman–Crippen LogP) is 1.06. The average molecular weight is 262 g/mol. The van der Waals surface area contributed by atoms with Crippen LogP contribution in [0.15, 0.2) is 30.3 Å². The zero-order valence-electron chi connectivity index (χ0n) is 10.5. The van der Waals surface area contributed by atoms with Crippen LogP contribution in [-0.4, -0.2) is 31.1 Å². The molecule has 19 heavy (non-hydrogen) atoms. The molecular formula is C13H14N2O4. The Morgan fingerprint density at radius 2 is 2.00 bits per heavy atom. The molecule has 0 bridgehead atoms. The molecule has 1 saturated heterocycles. The van der Waals surface area contributed by atoms with Crippen LogP contribution in [0.25, 0.3) is 0 Å². The Balaban J connectivity index is 2.07. The number of rotatable bonds is 4. The first-order chi connectivity index (χ1) is 9.13. The van der Waals surface area contributed by atoms with Gasteiger partial charge in [-0.3, -0.25) is 9.59 Å². The quantitative estimate of drug-likeness (QED) is 0.650. The lowest BCUT2D eigenvalue weighted by atomic mass is 10.1. The number of anilines is 1. The van der Waals surface area contributed by atoms with Crippen molar-refractivity contribution in [3.8, 4) is 0 Å². The number of nitrogens with zero attached hydrogens (tertiary/aromatic N) is 1. The molecule has 1 atom stereocenters. The van der Waals surface area contributed by atoms with Gasteiger partial charge < -0.3 is 10.1 Å². The van der Waals surface area contributed by atoms with Crippen molar-refractivity contribution >= 4 is 23.6 Å². The maximum Gasteiger partial charge on any atom is 0.329 e.